The zero-order valence-electron chi connectivity index (χ0n) is 17.1. The maximum atomic E-state index is 10.3. The highest BCUT2D eigenvalue weighted by Crippen LogP contribution is 2.20. The molecule has 0 saturated carbocycles. The van der Waals surface area contributed by atoms with E-state index in [1.54, 1.807) is 0 Å². The van der Waals surface area contributed by atoms with Crippen LogP contribution in [0.25, 0.3) is 11.1 Å². The fraction of sp³-hybridized carbons (Fsp3) is 0.115. The molecule has 0 aliphatic carbocycles. The number of halogens is 1. The summed E-state index contributed by atoms with van der Waals surface area (Å²) in [5.74, 6) is 0.733. The number of aromatic nitrogens is 1. The van der Waals surface area contributed by atoms with Gasteiger partial charge in [0.1, 0.15) is 18.5 Å². The summed E-state index contributed by atoms with van der Waals surface area (Å²) in [4.78, 5) is 0. The third-order valence-corrected chi connectivity index (χ3v) is 4.78. The number of benzene rings is 3. The first-order valence-corrected chi connectivity index (χ1v) is 10.0. The molecule has 0 radical (unpaired) electrons. The van der Waals surface area contributed by atoms with Gasteiger partial charge in [-0.05, 0) is 47.5 Å². The summed E-state index contributed by atoms with van der Waals surface area (Å²) in [7, 11) is 0. The SMILES string of the molecule is OC(COc1ccc(Nc2ccccc2)cc1)C[n+]1ccc(-c2ccccc2)cc1.[Cl-]. The molecule has 0 amide bonds. The Balaban J connectivity index is 0.00000272. The number of nitrogens with one attached hydrogen (secondary N) is 1. The Bertz CT molecular complexity index is 1040. The molecule has 31 heavy (non-hydrogen) atoms. The molecule has 0 saturated heterocycles. The van der Waals surface area contributed by atoms with Gasteiger partial charge in [-0.15, -0.1) is 0 Å². The molecule has 2 N–H and O–H groups in total. The molecule has 0 bridgehead atoms. The zero-order valence-corrected chi connectivity index (χ0v) is 17.8. The number of pyridine rings is 1. The van der Waals surface area contributed by atoms with Gasteiger partial charge in [-0.25, -0.2) is 4.57 Å². The number of hydrogen-bond acceptors (Lipinski definition) is 3. The van der Waals surface area contributed by atoms with Crippen LogP contribution in [0.1, 0.15) is 0 Å². The van der Waals surface area contributed by atoms with Gasteiger partial charge in [-0.2, -0.15) is 0 Å². The molecule has 5 heteroatoms. The molecule has 1 atom stereocenters. The lowest BCUT2D eigenvalue weighted by Gasteiger charge is -2.11. The van der Waals surface area contributed by atoms with Crippen molar-refractivity contribution in [2.75, 3.05) is 11.9 Å². The largest absolute Gasteiger partial charge is 1.00 e. The fourth-order valence-corrected chi connectivity index (χ4v) is 3.21. The van der Waals surface area contributed by atoms with Crippen LogP contribution in [0.15, 0.2) is 109 Å². The Morgan fingerprint density at radius 3 is 1.90 bits per heavy atom. The standard InChI is InChI=1S/C26H25N2O2.ClH/c29-25(19-28-17-15-22(16-18-28)21-7-3-1-4-8-21)20-30-26-13-11-24(12-14-26)27-23-9-5-2-6-10-23;/h1-18,25,27,29H,19-20H2;1H/q+1;/p-1. The van der Waals surface area contributed by atoms with Crippen LogP contribution < -0.4 is 27.0 Å². The van der Waals surface area contributed by atoms with E-state index in [4.69, 9.17) is 4.74 Å². The monoisotopic (exact) mass is 432 g/mol. The van der Waals surface area contributed by atoms with E-state index in [1.165, 1.54) is 5.56 Å². The second-order valence-corrected chi connectivity index (χ2v) is 7.13. The van der Waals surface area contributed by atoms with Gasteiger partial charge in [0.2, 0.25) is 0 Å². The minimum Gasteiger partial charge on any atom is -1.00 e. The molecule has 1 unspecified atom stereocenters. The summed E-state index contributed by atoms with van der Waals surface area (Å²) in [5, 5.41) is 13.7. The maximum absolute atomic E-state index is 10.3. The molecule has 0 spiro atoms. The van der Waals surface area contributed by atoms with Gasteiger partial charge in [0, 0.05) is 23.5 Å². The first kappa shape index (κ1) is 22.3. The Kier molecular flexibility index (Phi) is 8.05. The molecule has 4 aromatic rings. The van der Waals surface area contributed by atoms with Gasteiger partial charge in [-0.1, -0.05) is 48.5 Å². The Hall–Kier alpha value is -3.34. The molecular weight excluding hydrogens is 408 g/mol. The lowest BCUT2D eigenvalue weighted by molar-refractivity contribution is -0.703. The predicted molar refractivity (Wildman–Crippen MR) is 120 cm³/mol. The van der Waals surface area contributed by atoms with Crippen molar-refractivity contribution in [2.24, 2.45) is 0 Å². The van der Waals surface area contributed by atoms with Crippen molar-refractivity contribution in [3.8, 4) is 16.9 Å². The van der Waals surface area contributed by atoms with Crippen molar-refractivity contribution in [1.82, 2.24) is 0 Å². The van der Waals surface area contributed by atoms with E-state index in [9.17, 15) is 5.11 Å². The van der Waals surface area contributed by atoms with Gasteiger partial charge >= 0.3 is 0 Å². The molecule has 158 valence electrons. The second kappa shape index (κ2) is 11.2. The number of hydrogen-bond donors (Lipinski definition) is 2. The lowest BCUT2D eigenvalue weighted by Crippen LogP contribution is -3.00. The normalized spacial score (nSPS) is 11.3. The average Bonchev–Trinajstić information content (AvgIpc) is 2.80. The highest BCUT2D eigenvalue weighted by molar-refractivity contribution is 5.62. The van der Waals surface area contributed by atoms with Gasteiger partial charge in [0.05, 0.1) is 0 Å². The Labute approximate surface area is 189 Å². The van der Waals surface area contributed by atoms with Crippen LogP contribution in [-0.4, -0.2) is 17.8 Å². The van der Waals surface area contributed by atoms with Crippen LogP contribution in [0.4, 0.5) is 11.4 Å². The highest BCUT2D eigenvalue weighted by atomic mass is 35.5. The smallest absolute Gasteiger partial charge is 0.177 e. The lowest BCUT2D eigenvalue weighted by atomic mass is 10.1. The number of aliphatic hydroxyl groups is 1. The van der Waals surface area contributed by atoms with Crippen LogP contribution in [0.2, 0.25) is 0 Å². The van der Waals surface area contributed by atoms with Crippen molar-refractivity contribution in [1.29, 1.82) is 0 Å². The van der Waals surface area contributed by atoms with Crippen molar-refractivity contribution < 1.29 is 26.8 Å². The average molecular weight is 433 g/mol. The van der Waals surface area contributed by atoms with E-state index in [2.05, 4.69) is 29.6 Å². The van der Waals surface area contributed by atoms with Gasteiger partial charge in [0.25, 0.3) is 0 Å². The topological polar surface area (TPSA) is 45.4 Å². The van der Waals surface area contributed by atoms with Crippen molar-refractivity contribution in [3.05, 3.63) is 109 Å². The summed E-state index contributed by atoms with van der Waals surface area (Å²) in [6, 6.07) is 32.1. The van der Waals surface area contributed by atoms with Crippen LogP contribution in [-0.2, 0) is 6.54 Å². The number of ether oxygens (including phenoxy) is 1. The van der Waals surface area contributed by atoms with E-state index in [0.717, 1.165) is 22.7 Å². The number of aliphatic hydroxyl groups excluding tert-OH is 1. The number of anilines is 2. The van der Waals surface area contributed by atoms with E-state index in [1.807, 2.05) is 89.8 Å². The van der Waals surface area contributed by atoms with E-state index >= 15 is 0 Å². The van der Waals surface area contributed by atoms with Crippen molar-refractivity contribution >= 4 is 11.4 Å². The molecule has 0 aliphatic heterocycles. The van der Waals surface area contributed by atoms with Gasteiger partial charge in [0.15, 0.2) is 18.9 Å². The second-order valence-electron chi connectivity index (χ2n) is 7.13. The number of nitrogens with zero attached hydrogens (tertiary/aromatic N) is 1. The van der Waals surface area contributed by atoms with Gasteiger partial charge in [-0.3, -0.25) is 0 Å². The van der Waals surface area contributed by atoms with E-state index in [0.29, 0.717) is 6.54 Å². The van der Waals surface area contributed by atoms with Crippen molar-refractivity contribution in [3.63, 3.8) is 0 Å². The van der Waals surface area contributed by atoms with Crippen molar-refractivity contribution in [2.45, 2.75) is 12.6 Å². The highest BCUT2D eigenvalue weighted by Gasteiger charge is 2.12. The molecule has 4 nitrogen and oxygen atoms in total. The molecule has 0 aliphatic rings. The summed E-state index contributed by atoms with van der Waals surface area (Å²) in [5.41, 5.74) is 4.36. The maximum Gasteiger partial charge on any atom is 0.177 e. The summed E-state index contributed by atoms with van der Waals surface area (Å²) < 4.78 is 7.71. The predicted octanol–water partition coefficient (Wildman–Crippen LogP) is 1.83. The summed E-state index contributed by atoms with van der Waals surface area (Å²) >= 11 is 0. The minimum absolute atomic E-state index is 0. The minimum atomic E-state index is -0.598. The fourth-order valence-electron chi connectivity index (χ4n) is 3.21. The van der Waals surface area contributed by atoms with Crippen LogP contribution in [0, 0.1) is 0 Å². The quantitative estimate of drug-likeness (QED) is 0.417. The first-order valence-electron chi connectivity index (χ1n) is 10.0. The summed E-state index contributed by atoms with van der Waals surface area (Å²) in [6.07, 6.45) is 3.37. The van der Waals surface area contributed by atoms with Gasteiger partial charge < -0.3 is 27.6 Å². The number of para-hydroxylation sites is 1. The van der Waals surface area contributed by atoms with E-state index in [-0.39, 0.29) is 19.0 Å². The third kappa shape index (κ3) is 6.57. The zero-order chi connectivity index (χ0) is 20.6. The van der Waals surface area contributed by atoms with E-state index < -0.39 is 6.10 Å². The first-order chi connectivity index (χ1) is 14.8. The van der Waals surface area contributed by atoms with Crippen LogP contribution in [0.5, 0.6) is 5.75 Å². The molecule has 0 fully saturated rings. The molecule has 1 aromatic heterocycles. The molecule has 1 heterocycles. The van der Waals surface area contributed by atoms with Crippen LogP contribution >= 0.6 is 0 Å². The number of rotatable bonds is 8. The Morgan fingerprint density at radius 1 is 0.710 bits per heavy atom. The molecule has 4 rings (SSSR count). The third-order valence-electron chi connectivity index (χ3n) is 4.78. The van der Waals surface area contributed by atoms with Crippen LogP contribution in [0.3, 0.4) is 0 Å². The summed E-state index contributed by atoms with van der Waals surface area (Å²) in [6.45, 7) is 0.710. The molecule has 3 aromatic carbocycles. The Morgan fingerprint density at radius 2 is 1.26 bits per heavy atom. The molecular formula is C26H25ClN2O2.